The third-order valence-electron chi connectivity index (χ3n) is 2.91. The Morgan fingerprint density at radius 1 is 1.20 bits per heavy atom. The molecule has 0 aliphatic heterocycles. The molecule has 100 valence electrons. The SMILES string of the molecule is CC(C)NC(=O)/C(C#N)=C/c1cccc2ccccc12. The molecule has 0 atom stereocenters. The number of benzene rings is 2. The van der Waals surface area contributed by atoms with Crippen molar-refractivity contribution in [3.05, 3.63) is 53.6 Å². The highest BCUT2D eigenvalue weighted by molar-refractivity contribution is 6.04. The van der Waals surface area contributed by atoms with Crippen LogP contribution in [0.2, 0.25) is 0 Å². The van der Waals surface area contributed by atoms with Crippen molar-refractivity contribution in [2.24, 2.45) is 0 Å². The lowest BCUT2D eigenvalue weighted by Crippen LogP contribution is -2.30. The predicted molar refractivity (Wildman–Crippen MR) is 80.8 cm³/mol. The Morgan fingerprint density at radius 2 is 1.90 bits per heavy atom. The topological polar surface area (TPSA) is 52.9 Å². The maximum atomic E-state index is 11.9. The molecule has 20 heavy (non-hydrogen) atoms. The fraction of sp³-hybridized carbons (Fsp3) is 0.176. The minimum atomic E-state index is -0.338. The molecule has 0 aliphatic carbocycles. The fourth-order valence-electron chi connectivity index (χ4n) is 2.02. The number of nitriles is 1. The molecule has 0 heterocycles. The van der Waals surface area contributed by atoms with Crippen molar-refractivity contribution in [1.29, 1.82) is 5.26 Å². The summed E-state index contributed by atoms with van der Waals surface area (Å²) in [4.78, 5) is 11.9. The van der Waals surface area contributed by atoms with Crippen LogP contribution in [0.1, 0.15) is 19.4 Å². The monoisotopic (exact) mass is 264 g/mol. The summed E-state index contributed by atoms with van der Waals surface area (Å²) in [6.07, 6.45) is 1.64. The zero-order chi connectivity index (χ0) is 14.5. The molecule has 0 aliphatic rings. The summed E-state index contributed by atoms with van der Waals surface area (Å²) < 4.78 is 0. The van der Waals surface area contributed by atoms with Gasteiger partial charge in [0.1, 0.15) is 11.6 Å². The molecule has 0 bridgehead atoms. The van der Waals surface area contributed by atoms with E-state index in [-0.39, 0.29) is 17.5 Å². The van der Waals surface area contributed by atoms with Crippen molar-refractivity contribution in [2.45, 2.75) is 19.9 Å². The zero-order valence-corrected chi connectivity index (χ0v) is 11.6. The third kappa shape index (κ3) is 3.04. The van der Waals surface area contributed by atoms with Gasteiger partial charge in [0.2, 0.25) is 0 Å². The lowest BCUT2D eigenvalue weighted by atomic mass is 10.0. The summed E-state index contributed by atoms with van der Waals surface area (Å²) in [6, 6.07) is 15.7. The summed E-state index contributed by atoms with van der Waals surface area (Å²) in [6.45, 7) is 3.73. The van der Waals surface area contributed by atoms with Gasteiger partial charge in [0.25, 0.3) is 5.91 Å². The van der Waals surface area contributed by atoms with Gasteiger partial charge in [-0.15, -0.1) is 0 Å². The molecule has 0 saturated carbocycles. The highest BCUT2D eigenvalue weighted by atomic mass is 16.1. The second-order valence-corrected chi connectivity index (χ2v) is 4.87. The number of nitrogens with one attached hydrogen (secondary N) is 1. The predicted octanol–water partition coefficient (Wildman–Crippen LogP) is 3.27. The van der Waals surface area contributed by atoms with Crippen molar-refractivity contribution >= 4 is 22.8 Å². The van der Waals surface area contributed by atoms with Crippen LogP contribution in [-0.4, -0.2) is 11.9 Å². The van der Waals surface area contributed by atoms with Gasteiger partial charge in [-0.05, 0) is 36.3 Å². The van der Waals surface area contributed by atoms with E-state index in [1.54, 1.807) is 6.08 Å². The quantitative estimate of drug-likeness (QED) is 0.683. The van der Waals surface area contributed by atoms with Crippen LogP contribution >= 0.6 is 0 Å². The molecule has 0 fully saturated rings. The number of amides is 1. The maximum absolute atomic E-state index is 11.9. The largest absolute Gasteiger partial charge is 0.349 e. The van der Waals surface area contributed by atoms with E-state index in [4.69, 9.17) is 5.26 Å². The normalized spacial score (nSPS) is 11.4. The smallest absolute Gasteiger partial charge is 0.262 e. The van der Waals surface area contributed by atoms with Crippen LogP contribution in [0.5, 0.6) is 0 Å². The molecule has 0 saturated heterocycles. The molecule has 3 heteroatoms. The van der Waals surface area contributed by atoms with Crippen LogP contribution in [0.15, 0.2) is 48.0 Å². The van der Waals surface area contributed by atoms with Gasteiger partial charge in [0, 0.05) is 6.04 Å². The number of nitrogens with zero attached hydrogens (tertiary/aromatic N) is 1. The molecular weight excluding hydrogens is 248 g/mol. The van der Waals surface area contributed by atoms with E-state index in [0.717, 1.165) is 16.3 Å². The van der Waals surface area contributed by atoms with Crippen LogP contribution < -0.4 is 5.32 Å². The Hall–Kier alpha value is -2.60. The van der Waals surface area contributed by atoms with Crippen LogP contribution in [0.4, 0.5) is 0 Å². The first-order valence-electron chi connectivity index (χ1n) is 6.52. The third-order valence-corrected chi connectivity index (χ3v) is 2.91. The summed E-state index contributed by atoms with van der Waals surface area (Å²) >= 11 is 0. The number of fused-ring (bicyclic) bond motifs is 1. The van der Waals surface area contributed by atoms with E-state index in [1.165, 1.54) is 0 Å². The van der Waals surface area contributed by atoms with Gasteiger partial charge in [-0.1, -0.05) is 42.5 Å². The molecule has 2 rings (SSSR count). The number of rotatable bonds is 3. The molecule has 0 radical (unpaired) electrons. The zero-order valence-electron chi connectivity index (χ0n) is 11.6. The molecular formula is C17H16N2O. The lowest BCUT2D eigenvalue weighted by Gasteiger charge is -2.07. The van der Waals surface area contributed by atoms with E-state index < -0.39 is 0 Å². The molecule has 2 aromatic rings. The van der Waals surface area contributed by atoms with Crippen LogP contribution in [0.25, 0.3) is 16.8 Å². The Bertz CT molecular complexity index is 703. The van der Waals surface area contributed by atoms with Crippen molar-refractivity contribution in [3.8, 4) is 6.07 Å². The number of carbonyl (C=O) groups excluding carboxylic acids is 1. The van der Waals surface area contributed by atoms with Gasteiger partial charge >= 0.3 is 0 Å². The molecule has 0 aromatic heterocycles. The minimum absolute atomic E-state index is 0.00627. The van der Waals surface area contributed by atoms with E-state index in [0.29, 0.717) is 0 Å². The lowest BCUT2D eigenvalue weighted by molar-refractivity contribution is -0.117. The molecule has 0 spiro atoms. The molecule has 0 unspecified atom stereocenters. The molecule has 1 N–H and O–H groups in total. The first-order valence-corrected chi connectivity index (χ1v) is 6.52. The van der Waals surface area contributed by atoms with Crippen LogP contribution in [0.3, 0.4) is 0 Å². The Kier molecular flexibility index (Phi) is 4.17. The number of hydrogen-bond donors (Lipinski definition) is 1. The summed E-state index contributed by atoms with van der Waals surface area (Å²) in [5.74, 6) is -0.338. The second-order valence-electron chi connectivity index (χ2n) is 4.87. The number of hydrogen-bond acceptors (Lipinski definition) is 2. The average molecular weight is 264 g/mol. The molecule has 3 nitrogen and oxygen atoms in total. The van der Waals surface area contributed by atoms with Gasteiger partial charge in [0.05, 0.1) is 0 Å². The van der Waals surface area contributed by atoms with Crippen molar-refractivity contribution in [3.63, 3.8) is 0 Å². The minimum Gasteiger partial charge on any atom is -0.349 e. The van der Waals surface area contributed by atoms with Gasteiger partial charge in [-0.3, -0.25) is 4.79 Å². The second kappa shape index (κ2) is 6.03. The van der Waals surface area contributed by atoms with Gasteiger partial charge < -0.3 is 5.32 Å². The summed E-state index contributed by atoms with van der Waals surface area (Å²) in [5.41, 5.74) is 0.994. The Morgan fingerprint density at radius 3 is 2.60 bits per heavy atom. The van der Waals surface area contributed by atoms with Gasteiger partial charge in [-0.25, -0.2) is 0 Å². The van der Waals surface area contributed by atoms with Crippen molar-refractivity contribution in [1.82, 2.24) is 5.32 Å². The summed E-state index contributed by atoms with van der Waals surface area (Å²) in [5, 5.41) is 14.0. The Labute approximate surface area is 118 Å². The van der Waals surface area contributed by atoms with Crippen LogP contribution in [0, 0.1) is 11.3 Å². The van der Waals surface area contributed by atoms with E-state index in [9.17, 15) is 4.79 Å². The maximum Gasteiger partial charge on any atom is 0.262 e. The highest BCUT2D eigenvalue weighted by Crippen LogP contribution is 2.20. The van der Waals surface area contributed by atoms with E-state index in [1.807, 2.05) is 62.4 Å². The van der Waals surface area contributed by atoms with Gasteiger partial charge in [-0.2, -0.15) is 5.26 Å². The summed E-state index contributed by atoms with van der Waals surface area (Å²) in [7, 11) is 0. The van der Waals surface area contributed by atoms with Crippen molar-refractivity contribution < 1.29 is 4.79 Å². The van der Waals surface area contributed by atoms with Gasteiger partial charge in [0.15, 0.2) is 0 Å². The molecule has 2 aromatic carbocycles. The first kappa shape index (κ1) is 13.8. The standard InChI is InChI=1S/C17H16N2O/c1-12(2)19-17(20)15(11-18)10-14-8-5-7-13-6-3-4-9-16(13)14/h3-10,12H,1-2H3,(H,19,20)/b15-10+. The molecule has 1 amide bonds. The van der Waals surface area contributed by atoms with Crippen LogP contribution in [-0.2, 0) is 4.79 Å². The van der Waals surface area contributed by atoms with E-state index in [2.05, 4.69) is 5.32 Å². The van der Waals surface area contributed by atoms with Crippen molar-refractivity contribution in [2.75, 3.05) is 0 Å². The average Bonchev–Trinajstić information content (AvgIpc) is 2.44. The number of carbonyl (C=O) groups is 1. The fourth-order valence-corrected chi connectivity index (χ4v) is 2.02. The Balaban J connectivity index is 2.45. The highest BCUT2D eigenvalue weighted by Gasteiger charge is 2.10. The van der Waals surface area contributed by atoms with E-state index >= 15 is 0 Å². The first-order chi connectivity index (χ1) is 9.61.